The summed E-state index contributed by atoms with van der Waals surface area (Å²) in [6, 6.07) is 0. The summed E-state index contributed by atoms with van der Waals surface area (Å²) >= 11 is 4.88. The second kappa shape index (κ2) is 9.47. The van der Waals surface area contributed by atoms with Crippen LogP contribution in [-0.4, -0.2) is 85.3 Å². The molecule has 0 aromatic rings. The zero-order valence-electron chi connectivity index (χ0n) is 12.4. The third-order valence-corrected chi connectivity index (χ3v) is 4.05. The fraction of sp³-hybridized carbons (Fsp3) is 0.923. The van der Waals surface area contributed by atoms with Crippen molar-refractivity contribution in [3.8, 4) is 0 Å². The highest BCUT2D eigenvalue weighted by Gasteiger charge is 2.15. The monoisotopic (exact) mass is 287 g/mol. The van der Waals surface area contributed by atoms with Crippen LogP contribution in [0.2, 0.25) is 0 Å². The normalized spacial score (nSPS) is 21.7. The van der Waals surface area contributed by atoms with E-state index in [9.17, 15) is 0 Å². The predicted molar refractivity (Wildman–Crippen MR) is 85.5 cm³/mol. The van der Waals surface area contributed by atoms with E-state index in [1.54, 1.807) is 0 Å². The number of nitrogens with zero attached hydrogens (tertiary/aromatic N) is 3. The van der Waals surface area contributed by atoms with Gasteiger partial charge in [-0.05, 0) is 25.3 Å². The quantitative estimate of drug-likeness (QED) is 0.685. The van der Waals surface area contributed by atoms with E-state index in [1.807, 2.05) is 0 Å². The molecule has 2 rings (SSSR count). The lowest BCUT2D eigenvalue weighted by Crippen LogP contribution is -2.50. The van der Waals surface area contributed by atoms with Crippen LogP contribution in [0.5, 0.6) is 0 Å². The molecule has 0 spiro atoms. The van der Waals surface area contributed by atoms with Gasteiger partial charge >= 0.3 is 0 Å². The number of thiocarbonyl (C=S) groups is 1. The van der Waals surface area contributed by atoms with E-state index in [0.717, 1.165) is 32.7 Å². The molecular weight excluding hydrogens is 258 g/mol. The molecule has 0 atom stereocenters. The van der Waals surface area contributed by atoms with Gasteiger partial charge in [0.15, 0.2) is 5.11 Å². The molecule has 2 fully saturated rings. The molecule has 2 saturated heterocycles. The molecular formula is C13H29N5S. The lowest BCUT2D eigenvalue weighted by atomic mass is 10.3. The molecule has 0 unspecified atom stereocenters. The Bertz CT molecular complexity index is 247. The number of hydrogen-bond donors (Lipinski definition) is 2. The van der Waals surface area contributed by atoms with Crippen LogP contribution >= 0.6 is 12.2 Å². The number of nitrogens with two attached hydrogens (primary N) is 1. The molecule has 112 valence electrons. The van der Waals surface area contributed by atoms with Gasteiger partial charge in [0.1, 0.15) is 0 Å². The summed E-state index contributed by atoms with van der Waals surface area (Å²) in [7, 11) is 0. The number of piperazine rings is 2. The Morgan fingerprint density at radius 1 is 0.947 bits per heavy atom. The van der Waals surface area contributed by atoms with Gasteiger partial charge in [-0.2, -0.15) is 0 Å². The van der Waals surface area contributed by atoms with Gasteiger partial charge in [-0.25, -0.2) is 0 Å². The summed E-state index contributed by atoms with van der Waals surface area (Å²) in [6.45, 7) is 15.7. The minimum absolute atomic E-state index is 0.542. The SMILES string of the molecule is CCN1CCN(C(N)=S)CC1.CCN1CCNCC1. The van der Waals surface area contributed by atoms with E-state index >= 15 is 0 Å². The summed E-state index contributed by atoms with van der Waals surface area (Å²) in [5.74, 6) is 0. The van der Waals surface area contributed by atoms with Crippen molar-refractivity contribution in [1.29, 1.82) is 0 Å². The molecule has 2 aliphatic rings. The number of likely N-dealkylation sites (N-methyl/N-ethyl adjacent to an activating group) is 2. The van der Waals surface area contributed by atoms with Crippen LogP contribution in [0.4, 0.5) is 0 Å². The maximum absolute atomic E-state index is 5.49. The summed E-state index contributed by atoms with van der Waals surface area (Å²) < 4.78 is 0. The zero-order chi connectivity index (χ0) is 14.1. The van der Waals surface area contributed by atoms with E-state index in [1.165, 1.54) is 32.7 Å². The van der Waals surface area contributed by atoms with E-state index < -0.39 is 0 Å². The summed E-state index contributed by atoms with van der Waals surface area (Å²) in [5, 5.41) is 3.85. The van der Waals surface area contributed by atoms with Gasteiger partial charge in [-0.3, -0.25) is 0 Å². The van der Waals surface area contributed by atoms with Crippen molar-refractivity contribution in [3.05, 3.63) is 0 Å². The van der Waals surface area contributed by atoms with Gasteiger partial charge in [-0.1, -0.05) is 13.8 Å². The average molecular weight is 287 g/mol. The molecule has 2 aliphatic heterocycles. The Hall–Kier alpha value is -0.430. The first-order valence-corrected chi connectivity index (χ1v) is 7.78. The van der Waals surface area contributed by atoms with Crippen LogP contribution in [0, 0.1) is 0 Å². The number of hydrogen-bond acceptors (Lipinski definition) is 4. The van der Waals surface area contributed by atoms with Crippen LogP contribution < -0.4 is 11.1 Å². The van der Waals surface area contributed by atoms with E-state index in [2.05, 4.69) is 33.9 Å². The second-order valence-corrected chi connectivity index (χ2v) is 5.36. The van der Waals surface area contributed by atoms with Crippen LogP contribution in [0.3, 0.4) is 0 Å². The lowest BCUT2D eigenvalue weighted by Gasteiger charge is -2.34. The standard InChI is InChI=1S/C7H15N3S.C6H14N2/c1-2-9-3-5-10(6-4-9)7(8)11;1-2-8-5-3-7-4-6-8/h2-6H2,1H3,(H2,8,11);7H,2-6H2,1H3. The summed E-state index contributed by atoms with van der Waals surface area (Å²) in [6.07, 6.45) is 0. The predicted octanol–water partition coefficient (Wildman–Crippen LogP) is -0.221. The maximum atomic E-state index is 5.49. The van der Waals surface area contributed by atoms with E-state index in [4.69, 9.17) is 18.0 Å². The van der Waals surface area contributed by atoms with Crippen molar-refractivity contribution in [2.45, 2.75) is 13.8 Å². The number of nitrogens with one attached hydrogen (secondary N) is 1. The molecule has 0 amide bonds. The Kier molecular flexibility index (Phi) is 8.29. The maximum Gasteiger partial charge on any atom is 0.166 e. The molecule has 0 aliphatic carbocycles. The first-order valence-electron chi connectivity index (χ1n) is 7.37. The van der Waals surface area contributed by atoms with Crippen molar-refractivity contribution >= 4 is 17.3 Å². The highest BCUT2D eigenvalue weighted by atomic mass is 32.1. The Labute approximate surface area is 123 Å². The van der Waals surface area contributed by atoms with Crippen molar-refractivity contribution in [3.63, 3.8) is 0 Å². The Morgan fingerprint density at radius 2 is 1.42 bits per heavy atom. The van der Waals surface area contributed by atoms with Crippen LogP contribution in [0.1, 0.15) is 13.8 Å². The number of rotatable bonds is 2. The fourth-order valence-electron chi connectivity index (χ4n) is 2.31. The van der Waals surface area contributed by atoms with Gasteiger partial charge in [0, 0.05) is 52.4 Å². The fourth-order valence-corrected chi connectivity index (χ4v) is 2.49. The molecule has 0 bridgehead atoms. The van der Waals surface area contributed by atoms with Crippen LogP contribution in [0.25, 0.3) is 0 Å². The zero-order valence-corrected chi connectivity index (χ0v) is 13.2. The molecule has 0 aromatic carbocycles. The second-order valence-electron chi connectivity index (χ2n) is 4.94. The van der Waals surface area contributed by atoms with E-state index in [-0.39, 0.29) is 0 Å². The highest BCUT2D eigenvalue weighted by Crippen LogP contribution is 1.99. The molecule has 0 radical (unpaired) electrons. The molecule has 2 heterocycles. The van der Waals surface area contributed by atoms with Crippen molar-refractivity contribution in [2.75, 3.05) is 65.4 Å². The highest BCUT2D eigenvalue weighted by molar-refractivity contribution is 7.80. The lowest BCUT2D eigenvalue weighted by molar-refractivity contribution is 0.191. The molecule has 0 aromatic heterocycles. The molecule has 6 heteroatoms. The van der Waals surface area contributed by atoms with E-state index in [0.29, 0.717) is 5.11 Å². The Morgan fingerprint density at radius 3 is 1.79 bits per heavy atom. The molecule has 19 heavy (non-hydrogen) atoms. The van der Waals surface area contributed by atoms with Crippen molar-refractivity contribution < 1.29 is 0 Å². The first-order chi connectivity index (χ1) is 9.17. The van der Waals surface area contributed by atoms with Crippen LogP contribution in [-0.2, 0) is 0 Å². The topological polar surface area (TPSA) is 47.8 Å². The van der Waals surface area contributed by atoms with Crippen molar-refractivity contribution in [1.82, 2.24) is 20.0 Å². The third-order valence-electron chi connectivity index (χ3n) is 3.79. The third kappa shape index (κ3) is 6.51. The largest absolute Gasteiger partial charge is 0.376 e. The average Bonchev–Trinajstić information content (AvgIpc) is 2.48. The van der Waals surface area contributed by atoms with Crippen molar-refractivity contribution in [2.24, 2.45) is 5.73 Å². The summed E-state index contributed by atoms with van der Waals surface area (Å²) in [5.41, 5.74) is 5.49. The summed E-state index contributed by atoms with van der Waals surface area (Å²) in [4.78, 5) is 6.91. The van der Waals surface area contributed by atoms with Gasteiger partial charge in [0.05, 0.1) is 0 Å². The minimum Gasteiger partial charge on any atom is -0.376 e. The van der Waals surface area contributed by atoms with Crippen LogP contribution in [0.15, 0.2) is 0 Å². The molecule has 0 saturated carbocycles. The molecule has 3 N–H and O–H groups in total. The minimum atomic E-state index is 0.542. The van der Waals surface area contributed by atoms with Gasteiger partial charge in [0.2, 0.25) is 0 Å². The van der Waals surface area contributed by atoms with Gasteiger partial charge in [0.25, 0.3) is 0 Å². The van der Waals surface area contributed by atoms with Gasteiger partial charge in [-0.15, -0.1) is 0 Å². The van der Waals surface area contributed by atoms with Gasteiger partial charge < -0.3 is 25.8 Å². The first kappa shape index (κ1) is 16.6. The smallest absolute Gasteiger partial charge is 0.166 e. The Balaban J connectivity index is 0.000000200. The molecule has 5 nitrogen and oxygen atoms in total.